The van der Waals surface area contributed by atoms with Crippen molar-refractivity contribution in [1.29, 1.82) is 0 Å². The quantitative estimate of drug-likeness (QED) is 0.425. The van der Waals surface area contributed by atoms with E-state index in [0.717, 1.165) is 6.42 Å². The Morgan fingerprint density at radius 2 is 2.08 bits per heavy atom. The monoisotopic (exact) mass is 162 g/mol. The second-order valence-electron chi connectivity index (χ2n) is 2.65. The number of rotatable bonds is 5. The molecule has 0 aromatic rings. The molecule has 0 aromatic heterocycles. The molecular weight excluding hydrogens is 144 g/mol. The third-order valence-electron chi connectivity index (χ3n) is 1.84. The van der Waals surface area contributed by atoms with Gasteiger partial charge in [0.05, 0.1) is 0 Å². The number of allylic oxidation sites excluding steroid dienone is 6. The third kappa shape index (κ3) is 3.38. The van der Waals surface area contributed by atoms with Crippen LogP contribution >= 0.6 is 0 Å². The summed E-state index contributed by atoms with van der Waals surface area (Å²) in [6.45, 7) is 11.7. The van der Waals surface area contributed by atoms with Crippen LogP contribution in [-0.4, -0.2) is 0 Å². The Balaban J connectivity index is 4.54. The molecule has 1 atom stereocenters. The molecule has 0 heteroatoms. The van der Waals surface area contributed by atoms with E-state index in [1.54, 1.807) is 0 Å². The second-order valence-corrected chi connectivity index (χ2v) is 2.65. The normalized spacial score (nSPS) is 14.7. The van der Waals surface area contributed by atoms with Gasteiger partial charge in [-0.1, -0.05) is 50.5 Å². The lowest BCUT2D eigenvalue weighted by atomic mass is 9.95. The second kappa shape index (κ2) is 6.66. The lowest BCUT2D eigenvalue weighted by molar-refractivity contribution is 0.743. The van der Waals surface area contributed by atoms with Crippen molar-refractivity contribution >= 4 is 0 Å². The van der Waals surface area contributed by atoms with Gasteiger partial charge in [-0.2, -0.15) is 0 Å². The van der Waals surface area contributed by atoms with Crippen molar-refractivity contribution in [3.05, 3.63) is 49.1 Å². The zero-order chi connectivity index (χ0) is 9.40. The van der Waals surface area contributed by atoms with Crippen LogP contribution in [0, 0.1) is 5.92 Å². The Bertz CT molecular complexity index is 194. The van der Waals surface area contributed by atoms with Crippen LogP contribution in [0.15, 0.2) is 49.1 Å². The number of hydrogen-bond acceptors (Lipinski definition) is 0. The van der Waals surface area contributed by atoms with Gasteiger partial charge in [0.2, 0.25) is 0 Å². The molecule has 0 N–H and O–H groups in total. The summed E-state index contributed by atoms with van der Waals surface area (Å²) < 4.78 is 0. The minimum absolute atomic E-state index is 0.491. The summed E-state index contributed by atoms with van der Waals surface area (Å²) in [5.74, 6) is 0.491. The van der Waals surface area contributed by atoms with Gasteiger partial charge in [0.1, 0.15) is 0 Å². The highest BCUT2D eigenvalue weighted by atomic mass is 14.1. The summed E-state index contributed by atoms with van der Waals surface area (Å²) in [6, 6.07) is 0. The first kappa shape index (κ1) is 11.0. The van der Waals surface area contributed by atoms with Gasteiger partial charge in [0, 0.05) is 5.92 Å². The molecule has 0 fully saturated rings. The Kier molecular flexibility index (Phi) is 6.08. The molecule has 0 aliphatic rings. The maximum absolute atomic E-state index is 3.78. The molecule has 12 heavy (non-hydrogen) atoms. The molecule has 0 heterocycles. The van der Waals surface area contributed by atoms with E-state index >= 15 is 0 Å². The molecule has 0 amide bonds. The molecule has 0 radical (unpaired) electrons. The lowest BCUT2D eigenvalue weighted by Gasteiger charge is -2.10. The van der Waals surface area contributed by atoms with E-state index in [1.165, 1.54) is 5.57 Å². The van der Waals surface area contributed by atoms with Gasteiger partial charge in [0.25, 0.3) is 0 Å². The SMILES string of the molecule is C=C/C=C(\C=C)C(/C=C\C)CC. The van der Waals surface area contributed by atoms with Gasteiger partial charge >= 0.3 is 0 Å². The predicted molar refractivity (Wildman–Crippen MR) is 57.1 cm³/mol. The maximum atomic E-state index is 3.78. The van der Waals surface area contributed by atoms with Crippen molar-refractivity contribution in [1.82, 2.24) is 0 Å². The average molecular weight is 162 g/mol. The van der Waals surface area contributed by atoms with Gasteiger partial charge < -0.3 is 0 Å². The first-order chi connectivity index (χ1) is 5.79. The Hall–Kier alpha value is -1.04. The zero-order valence-electron chi connectivity index (χ0n) is 8.09. The van der Waals surface area contributed by atoms with Gasteiger partial charge in [-0.15, -0.1) is 0 Å². The predicted octanol–water partition coefficient (Wildman–Crippen LogP) is 3.89. The molecular formula is C12H18. The largest absolute Gasteiger partial charge is 0.0991 e. The van der Waals surface area contributed by atoms with Crippen LogP contribution in [0.1, 0.15) is 20.3 Å². The van der Waals surface area contributed by atoms with Crippen LogP contribution in [0.3, 0.4) is 0 Å². The summed E-state index contributed by atoms with van der Waals surface area (Å²) in [7, 11) is 0. The Morgan fingerprint density at radius 3 is 2.42 bits per heavy atom. The summed E-state index contributed by atoms with van der Waals surface area (Å²) in [5.41, 5.74) is 1.24. The van der Waals surface area contributed by atoms with Gasteiger partial charge in [-0.25, -0.2) is 0 Å². The highest BCUT2D eigenvalue weighted by Gasteiger charge is 2.03. The zero-order valence-corrected chi connectivity index (χ0v) is 8.09. The van der Waals surface area contributed by atoms with E-state index in [4.69, 9.17) is 0 Å². The third-order valence-corrected chi connectivity index (χ3v) is 1.84. The fourth-order valence-corrected chi connectivity index (χ4v) is 1.19. The summed E-state index contributed by atoms with van der Waals surface area (Å²) >= 11 is 0. The van der Waals surface area contributed by atoms with Crippen molar-refractivity contribution in [2.24, 2.45) is 5.92 Å². The van der Waals surface area contributed by atoms with Crippen molar-refractivity contribution in [3.8, 4) is 0 Å². The van der Waals surface area contributed by atoms with E-state index in [2.05, 4.69) is 32.2 Å². The molecule has 0 nitrogen and oxygen atoms in total. The topological polar surface area (TPSA) is 0 Å². The lowest BCUT2D eigenvalue weighted by Crippen LogP contribution is -1.96. The first-order valence-electron chi connectivity index (χ1n) is 4.38. The number of hydrogen-bond donors (Lipinski definition) is 0. The van der Waals surface area contributed by atoms with Crippen LogP contribution in [0.2, 0.25) is 0 Å². The molecule has 0 aliphatic carbocycles. The molecule has 0 saturated carbocycles. The minimum Gasteiger partial charge on any atom is -0.0991 e. The van der Waals surface area contributed by atoms with Crippen LogP contribution in [0.4, 0.5) is 0 Å². The van der Waals surface area contributed by atoms with E-state index in [1.807, 2.05) is 25.2 Å². The van der Waals surface area contributed by atoms with Gasteiger partial charge in [-0.05, 0) is 18.9 Å². The fourth-order valence-electron chi connectivity index (χ4n) is 1.19. The van der Waals surface area contributed by atoms with E-state index in [0.29, 0.717) is 5.92 Å². The molecule has 0 bridgehead atoms. The van der Waals surface area contributed by atoms with Crippen molar-refractivity contribution in [2.75, 3.05) is 0 Å². The van der Waals surface area contributed by atoms with E-state index in [9.17, 15) is 0 Å². The smallest absolute Gasteiger partial charge is 0.00150 e. The summed E-state index contributed by atoms with van der Waals surface area (Å²) in [6.07, 6.45) is 11.1. The molecule has 0 aliphatic heterocycles. The molecule has 1 unspecified atom stereocenters. The molecule has 0 spiro atoms. The van der Waals surface area contributed by atoms with Crippen LogP contribution in [-0.2, 0) is 0 Å². The molecule has 0 aromatic carbocycles. The van der Waals surface area contributed by atoms with Crippen molar-refractivity contribution in [3.63, 3.8) is 0 Å². The van der Waals surface area contributed by atoms with Crippen LogP contribution in [0.25, 0.3) is 0 Å². The maximum Gasteiger partial charge on any atom is 0.00150 e. The molecule has 0 saturated heterocycles. The Morgan fingerprint density at radius 1 is 1.42 bits per heavy atom. The standard InChI is InChI=1S/C12H18/c1-5-9-11(7-3)12(8-4)10-6-2/h5-7,9-10,12H,1,3,8H2,2,4H3/b10-6-,11-9+. The first-order valence-corrected chi connectivity index (χ1v) is 4.38. The van der Waals surface area contributed by atoms with Crippen LogP contribution in [0.5, 0.6) is 0 Å². The summed E-state index contributed by atoms with van der Waals surface area (Å²) in [5, 5.41) is 0. The fraction of sp³-hybridized carbons (Fsp3) is 0.333. The highest BCUT2D eigenvalue weighted by molar-refractivity contribution is 5.27. The molecule has 66 valence electrons. The van der Waals surface area contributed by atoms with Crippen molar-refractivity contribution in [2.45, 2.75) is 20.3 Å². The molecule has 0 rings (SSSR count). The summed E-state index contributed by atoms with van der Waals surface area (Å²) in [4.78, 5) is 0. The van der Waals surface area contributed by atoms with Gasteiger partial charge in [-0.3, -0.25) is 0 Å². The van der Waals surface area contributed by atoms with Crippen molar-refractivity contribution < 1.29 is 0 Å². The van der Waals surface area contributed by atoms with Crippen LogP contribution < -0.4 is 0 Å². The van der Waals surface area contributed by atoms with E-state index in [-0.39, 0.29) is 0 Å². The van der Waals surface area contributed by atoms with Gasteiger partial charge in [0.15, 0.2) is 0 Å². The average Bonchev–Trinajstić information content (AvgIpc) is 2.11. The highest BCUT2D eigenvalue weighted by Crippen LogP contribution is 2.17. The minimum atomic E-state index is 0.491. The Labute approximate surface area is 76.0 Å². The van der Waals surface area contributed by atoms with E-state index < -0.39 is 0 Å².